The molecule has 4 aromatic rings. The van der Waals surface area contributed by atoms with Gasteiger partial charge in [-0.1, -0.05) is 30.3 Å². The summed E-state index contributed by atoms with van der Waals surface area (Å²) in [6.45, 7) is 0. The molecule has 0 saturated heterocycles. The normalized spacial score (nSPS) is 10.9. The van der Waals surface area contributed by atoms with Crippen LogP contribution in [0.1, 0.15) is 11.3 Å². The molecule has 0 radical (unpaired) electrons. The SMILES string of the molecule is COc1ccc(-c2nc3ncccn3c2Cc2ccccc2)cc1. The van der Waals surface area contributed by atoms with Crippen molar-refractivity contribution < 1.29 is 4.74 Å². The molecule has 0 aliphatic carbocycles. The first-order valence-electron chi connectivity index (χ1n) is 7.85. The fourth-order valence-electron chi connectivity index (χ4n) is 2.87. The van der Waals surface area contributed by atoms with E-state index in [0.29, 0.717) is 5.78 Å². The Bertz CT molecular complexity index is 959. The lowest BCUT2D eigenvalue weighted by Crippen LogP contribution is -1.97. The van der Waals surface area contributed by atoms with Crippen molar-refractivity contribution in [3.8, 4) is 17.0 Å². The molecule has 24 heavy (non-hydrogen) atoms. The number of rotatable bonds is 4. The van der Waals surface area contributed by atoms with Gasteiger partial charge in [0, 0.05) is 24.4 Å². The Kier molecular flexibility index (Phi) is 3.71. The van der Waals surface area contributed by atoms with Crippen molar-refractivity contribution in [2.45, 2.75) is 6.42 Å². The Morgan fingerprint density at radius 1 is 0.958 bits per heavy atom. The predicted octanol–water partition coefficient (Wildman–Crippen LogP) is 4.00. The largest absolute Gasteiger partial charge is 0.497 e. The fraction of sp³-hybridized carbons (Fsp3) is 0.100. The Morgan fingerprint density at radius 2 is 1.75 bits per heavy atom. The van der Waals surface area contributed by atoms with Crippen LogP contribution in [0.5, 0.6) is 5.75 Å². The summed E-state index contributed by atoms with van der Waals surface area (Å²) < 4.78 is 7.31. The van der Waals surface area contributed by atoms with Crippen LogP contribution in [0.15, 0.2) is 73.1 Å². The first-order valence-corrected chi connectivity index (χ1v) is 7.85. The third-order valence-corrected chi connectivity index (χ3v) is 4.08. The van der Waals surface area contributed by atoms with E-state index in [0.717, 1.165) is 29.1 Å². The second-order valence-corrected chi connectivity index (χ2v) is 5.59. The first kappa shape index (κ1) is 14.5. The molecule has 118 valence electrons. The van der Waals surface area contributed by atoms with Gasteiger partial charge in [-0.05, 0) is 35.9 Å². The van der Waals surface area contributed by atoms with E-state index >= 15 is 0 Å². The fourth-order valence-corrected chi connectivity index (χ4v) is 2.87. The van der Waals surface area contributed by atoms with Gasteiger partial charge in [-0.2, -0.15) is 0 Å². The summed E-state index contributed by atoms with van der Waals surface area (Å²) in [6, 6.07) is 20.3. The molecule has 0 saturated carbocycles. The van der Waals surface area contributed by atoms with Crippen molar-refractivity contribution in [2.24, 2.45) is 0 Å². The van der Waals surface area contributed by atoms with E-state index in [4.69, 9.17) is 9.72 Å². The van der Waals surface area contributed by atoms with Crippen LogP contribution < -0.4 is 4.74 Å². The third-order valence-electron chi connectivity index (χ3n) is 4.08. The molecule has 0 unspecified atom stereocenters. The average Bonchev–Trinajstić information content (AvgIpc) is 3.01. The number of fused-ring (bicyclic) bond motifs is 1. The Labute approximate surface area is 140 Å². The number of hydrogen-bond donors (Lipinski definition) is 0. The summed E-state index contributed by atoms with van der Waals surface area (Å²) in [5, 5.41) is 0. The molecule has 4 rings (SSSR count). The zero-order chi connectivity index (χ0) is 16.4. The van der Waals surface area contributed by atoms with E-state index in [1.165, 1.54) is 5.56 Å². The molecule has 0 fully saturated rings. The number of benzene rings is 2. The molecular weight excluding hydrogens is 298 g/mol. The molecule has 0 spiro atoms. The molecule has 0 bridgehead atoms. The molecule has 0 atom stereocenters. The summed E-state index contributed by atoms with van der Waals surface area (Å²) in [6.07, 6.45) is 4.59. The Balaban J connectivity index is 1.85. The average molecular weight is 315 g/mol. The monoisotopic (exact) mass is 315 g/mol. The molecule has 2 heterocycles. The third kappa shape index (κ3) is 2.63. The summed E-state index contributed by atoms with van der Waals surface area (Å²) in [5.74, 6) is 1.56. The van der Waals surface area contributed by atoms with Crippen LogP contribution in [0.25, 0.3) is 17.0 Å². The van der Waals surface area contributed by atoms with Gasteiger partial charge in [0.25, 0.3) is 0 Å². The molecular formula is C20H17N3O. The number of ether oxygens (including phenoxy) is 1. The summed E-state index contributed by atoms with van der Waals surface area (Å²) in [4.78, 5) is 9.14. The number of nitrogens with zero attached hydrogens (tertiary/aromatic N) is 3. The lowest BCUT2D eigenvalue weighted by Gasteiger charge is -2.06. The minimum atomic E-state index is 0.717. The highest BCUT2D eigenvalue weighted by molar-refractivity contribution is 5.66. The first-order chi connectivity index (χ1) is 11.8. The van der Waals surface area contributed by atoms with Crippen molar-refractivity contribution in [1.82, 2.24) is 14.4 Å². The van der Waals surface area contributed by atoms with E-state index < -0.39 is 0 Å². The highest BCUT2D eigenvalue weighted by Gasteiger charge is 2.15. The maximum Gasteiger partial charge on any atom is 0.234 e. The molecule has 0 N–H and O–H groups in total. The second kappa shape index (κ2) is 6.16. The zero-order valence-corrected chi connectivity index (χ0v) is 13.4. The van der Waals surface area contributed by atoms with Gasteiger partial charge in [0.1, 0.15) is 5.75 Å². The highest BCUT2D eigenvalue weighted by Crippen LogP contribution is 2.27. The molecule has 4 heteroatoms. The van der Waals surface area contributed by atoms with Gasteiger partial charge in [0.2, 0.25) is 5.78 Å². The minimum absolute atomic E-state index is 0.717. The maximum atomic E-state index is 5.25. The van der Waals surface area contributed by atoms with Crippen LogP contribution in [0, 0.1) is 0 Å². The Morgan fingerprint density at radius 3 is 2.50 bits per heavy atom. The zero-order valence-electron chi connectivity index (χ0n) is 13.4. The number of imidazole rings is 1. The van der Waals surface area contributed by atoms with Crippen LogP contribution >= 0.6 is 0 Å². The molecule has 0 aliphatic heterocycles. The van der Waals surface area contributed by atoms with Crippen LogP contribution in [0.2, 0.25) is 0 Å². The molecule has 2 aromatic heterocycles. The Hall–Kier alpha value is -3.14. The van der Waals surface area contributed by atoms with Crippen molar-refractivity contribution >= 4 is 5.78 Å². The molecule has 0 aliphatic rings. The van der Waals surface area contributed by atoms with E-state index in [-0.39, 0.29) is 0 Å². The van der Waals surface area contributed by atoms with Gasteiger partial charge in [0.15, 0.2) is 0 Å². The van der Waals surface area contributed by atoms with Crippen molar-refractivity contribution in [3.63, 3.8) is 0 Å². The van der Waals surface area contributed by atoms with Crippen molar-refractivity contribution in [2.75, 3.05) is 7.11 Å². The van der Waals surface area contributed by atoms with Gasteiger partial charge in [-0.15, -0.1) is 0 Å². The highest BCUT2D eigenvalue weighted by atomic mass is 16.5. The van der Waals surface area contributed by atoms with Gasteiger partial charge >= 0.3 is 0 Å². The van der Waals surface area contributed by atoms with Gasteiger partial charge in [-0.3, -0.25) is 4.40 Å². The molecule has 4 nitrogen and oxygen atoms in total. The maximum absolute atomic E-state index is 5.25. The number of hydrogen-bond acceptors (Lipinski definition) is 3. The summed E-state index contributed by atoms with van der Waals surface area (Å²) in [5.41, 5.74) is 4.40. The molecule has 2 aromatic carbocycles. The minimum Gasteiger partial charge on any atom is -0.497 e. The van der Waals surface area contributed by atoms with Crippen molar-refractivity contribution in [1.29, 1.82) is 0 Å². The van der Waals surface area contributed by atoms with Crippen LogP contribution in [0.4, 0.5) is 0 Å². The second-order valence-electron chi connectivity index (χ2n) is 5.59. The number of methoxy groups -OCH3 is 1. The van der Waals surface area contributed by atoms with Crippen LogP contribution in [0.3, 0.4) is 0 Å². The predicted molar refractivity (Wildman–Crippen MR) is 94.2 cm³/mol. The lowest BCUT2D eigenvalue weighted by molar-refractivity contribution is 0.415. The van der Waals surface area contributed by atoms with Gasteiger partial charge in [-0.25, -0.2) is 9.97 Å². The quantitative estimate of drug-likeness (QED) is 0.571. The van der Waals surface area contributed by atoms with Gasteiger partial charge in [0.05, 0.1) is 18.5 Å². The summed E-state index contributed by atoms with van der Waals surface area (Å²) >= 11 is 0. The topological polar surface area (TPSA) is 39.4 Å². The van der Waals surface area contributed by atoms with Gasteiger partial charge < -0.3 is 4.74 Å². The van der Waals surface area contributed by atoms with E-state index in [1.54, 1.807) is 13.3 Å². The number of aromatic nitrogens is 3. The standard InChI is InChI=1S/C20H17N3O/c1-24-17-10-8-16(9-11-17)19-18(14-15-6-3-2-4-7-15)23-13-5-12-21-20(23)22-19/h2-13H,14H2,1H3. The van der Waals surface area contributed by atoms with E-state index in [2.05, 4.69) is 33.7 Å². The van der Waals surface area contributed by atoms with E-state index in [9.17, 15) is 0 Å². The van der Waals surface area contributed by atoms with Crippen LogP contribution in [-0.2, 0) is 6.42 Å². The molecule has 0 amide bonds. The van der Waals surface area contributed by atoms with Crippen molar-refractivity contribution in [3.05, 3.63) is 84.3 Å². The smallest absolute Gasteiger partial charge is 0.234 e. The lowest BCUT2D eigenvalue weighted by atomic mass is 10.0. The van der Waals surface area contributed by atoms with Crippen LogP contribution in [-0.4, -0.2) is 21.5 Å². The summed E-state index contributed by atoms with van der Waals surface area (Å²) in [7, 11) is 1.67. The van der Waals surface area contributed by atoms with E-state index in [1.807, 2.05) is 42.6 Å².